The van der Waals surface area contributed by atoms with Crippen LogP contribution < -0.4 is 0 Å². The van der Waals surface area contributed by atoms with Crippen LogP contribution in [0.5, 0.6) is 0 Å². The predicted octanol–water partition coefficient (Wildman–Crippen LogP) is 0.378. The molecule has 1 saturated heterocycles. The summed E-state index contributed by atoms with van der Waals surface area (Å²) in [4.78, 5) is 39.4. The molecule has 0 radical (unpaired) electrons. The minimum atomic E-state index is -1.27. The smallest absolute Gasteiger partial charge is 0.333 e. The van der Waals surface area contributed by atoms with Gasteiger partial charge in [-0.3, -0.25) is 19.4 Å². The van der Waals surface area contributed by atoms with Gasteiger partial charge in [0.1, 0.15) is 5.41 Å². The zero-order chi connectivity index (χ0) is 20.6. The Balaban J connectivity index is 2.54. The largest absolute Gasteiger partial charge is 0.391 e. The number of aliphatic hydroxyl groups excluding tert-OH is 2. The van der Waals surface area contributed by atoms with Crippen LogP contribution in [0, 0.1) is 5.41 Å². The van der Waals surface area contributed by atoms with E-state index >= 15 is 0 Å². The van der Waals surface area contributed by atoms with E-state index in [1.54, 1.807) is 13.8 Å². The number of carbonyl (C=O) groups is 3. The molecule has 1 fully saturated rings. The summed E-state index contributed by atoms with van der Waals surface area (Å²) in [6.45, 7) is 5.67. The highest BCUT2D eigenvalue weighted by Crippen LogP contribution is 2.35. The first-order chi connectivity index (χ1) is 12.7. The zero-order valence-electron chi connectivity index (χ0n) is 16.6. The number of nitrogens with zero attached hydrogens (tertiary/aromatic N) is 2. The molecule has 0 spiro atoms. The van der Waals surface area contributed by atoms with Crippen LogP contribution in [-0.4, -0.2) is 90.1 Å². The summed E-state index contributed by atoms with van der Waals surface area (Å²) in [6.07, 6.45) is -0.423. The molecule has 0 aromatic carbocycles. The Hall–Kier alpha value is -1.55. The second-order valence-electron chi connectivity index (χ2n) is 6.72. The van der Waals surface area contributed by atoms with Crippen LogP contribution in [0.4, 0.5) is 4.79 Å². The lowest BCUT2D eigenvalue weighted by atomic mass is 9.78. The van der Waals surface area contributed by atoms with Gasteiger partial charge in [0.25, 0.3) is 0 Å². The molecule has 2 unspecified atom stereocenters. The number of amides is 4. The fraction of sp³-hybridized carbons (Fsp3) is 0.833. The number of aliphatic hydroxyl groups is 2. The first-order valence-corrected chi connectivity index (χ1v) is 9.40. The standard InChI is InChI=1S/C18H32N2O7/c1-5-13(21)11-26-8-9-27-12-14(22)10-20-16(24)18(6-2,7-3)15(23)19(4)17(20)25/h13-14,21-22H,5-12H2,1-4H3. The van der Waals surface area contributed by atoms with Crippen LogP contribution in [0.2, 0.25) is 0 Å². The SMILES string of the molecule is CCC(O)COCCOCC(O)CN1C(=O)N(C)C(=O)C(CC)(CC)C1=O. The molecule has 2 N–H and O–H groups in total. The first kappa shape index (κ1) is 23.5. The van der Waals surface area contributed by atoms with Gasteiger partial charge in [-0.1, -0.05) is 20.8 Å². The number of hydrogen-bond acceptors (Lipinski definition) is 7. The Morgan fingerprint density at radius 1 is 0.926 bits per heavy atom. The minimum absolute atomic E-state index is 0.0837. The van der Waals surface area contributed by atoms with Gasteiger partial charge in [-0.2, -0.15) is 0 Å². The highest BCUT2D eigenvalue weighted by molar-refractivity contribution is 6.18. The summed E-state index contributed by atoms with van der Waals surface area (Å²) < 4.78 is 10.5. The summed E-state index contributed by atoms with van der Waals surface area (Å²) in [5, 5.41) is 19.5. The second kappa shape index (κ2) is 10.7. The molecule has 1 aliphatic rings. The van der Waals surface area contributed by atoms with Gasteiger partial charge in [0.2, 0.25) is 11.8 Å². The molecular formula is C18H32N2O7. The van der Waals surface area contributed by atoms with Gasteiger partial charge in [-0.25, -0.2) is 4.79 Å². The third-order valence-corrected chi connectivity index (χ3v) is 4.95. The molecular weight excluding hydrogens is 356 g/mol. The van der Waals surface area contributed by atoms with Crippen LogP contribution in [-0.2, 0) is 19.1 Å². The van der Waals surface area contributed by atoms with Crippen molar-refractivity contribution in [1.82, 2.24) is 9.80 Å². The van der Waals surface area contributed by atoms with Crippen molar-refractivity contribution < 1.29 is 34.1 Å². The van der Waals surface area contributed by atoms with E-state index in [1.807, 2.05) is 6.92 Å². The van der Waals surface area contributed by atoms with Crippen LogP contribution in [0.15, 0.2) is 0 Å². The van der Waals surface area contributed by atoms with Crippen molar-refractivity contribution in [2.45, 2.75) is 52.2 Å². The molecule has 1 rings (SSSR count). The molecule has 0 saturated carbocycles. The third kappa shape index (κ3) is 5.47. The number of barbiturate groups is 1. The molecule has 0 aromatic rings. The Bertz CT molecular complexity index is 522. The molecule has 0 aromatic heterocycles. The summed E-state index contributed by atoms with van der Waals surface area (Å²) in [5.74, 6) is -1.08. The van der Waals surface area contributed by atoms with E-state index in [-0.39, 0.29) is 45.8 Å². The Morgan fingerprint density at radius 3 is 1.93 bits per heavy atom. The van der Waals surface area contributed by atoms with Crippen molar-refractivity contribution in [3.05, 3.63) is 0 Å². The van der Waals surface area contributed by atoms with Crippen LogP contribution >= 0.6 is 0 Å². The highest BCUT2D eigenvalue weighted by atomic mass is 16.5. The van der Waals surface area contributed by atoms with E-state index in [1.165, 1.54) is 7.05 Å². The maximum Gasteiger partial charge on any atom is 0.333 e. The number of urea groups is 1. The molecule has 156 valence electrons. The van der Waals surface area contributed by atoms with E-state index in [2.05, 4.69) is 0 Å². The number of imide groups is 2. The zero-order valence-corrected chi connectivity index (χ0v) is 16.6. The van der Waals surface area contributed by atoms with Crippen molar-refractivity contribution in [3.8, 4) is 0 Å². The molecule has 9 heteroatoms. The van der Waals surface area contributed by atoms with Crippen molar-refractivity contribution >= 4 is 17.8 Å². The van der Waals surface area contributed by atoms with E-state index in [9.17, 15) is 24.6 Å². The normalized spacial score (nSPS) is 19.6. The van der Waals surface area contributed by atoms with Gasteiger partial charge < -0.3 is 19.7 Å². The first-order valence-electron chi connectivity index (χ1n) is 9.40. The number of β-amino-alcohol motifs (C(OH)–C–C–N with tert-alkyl or cyclic N) is 1. The van der Waals surface area contributed by atoms with Gasteiger partial charge in [-0.05, 0) is 19.3 Å². The topological polar surface area (TPSA) is 117 Å². The van der Waals surface area contributed by atoms with Gasteiger partial charge in [0.05, 0.1) is 45.2 Å². The van der Waals surface area contributed by atoms with Crippen molar-refractivity contribution in [3.63, 3.8) is 0 Å². The number of carbonyl (C=O) groups excluding carboxylic acids is 3. The van der Waals surface area contributed by atoms with Crippen molar-refractivity contribution in [2.75, 3.05) is 40.0 Å². The number of rotatable bonds is 12. The fourth-order valence-electron chi connectivity index (χ4n) is 2.98. The molecule has 4 amide bonds. The van der Waals surface area contributed by atoms with Gasteiger partial charge in [-0.15, -0.1) is 0 Å². The third-order valence-electron chi connectivity index (χ3n) is 4.95. The van der Waals surface area contributed by atoms with E-state index < -0.39 is 35.5 Å². The second-order valence-corrected chi connectivity index (χ2v) is 6.72. The van der Waals surface area contributed by atoms with Crippen LogP contribution in [0.25, 0.3) is 0 Å². The van der Waals surface area contributed by atoms with Gasteiger partial charge >= 0.3 is 6.03 Å². The fourth-order valence-corrected chi connectivity index (χ4v) is 2.98. The maximum absolute atomic E-state index is 12.8. The lowest BCUT2D eigenvalue weighted by Gasteiger charge is -2.42. The average Bonchev–Trinajstić information content (AvgIpc) is 2.67. The Kier molecular flexibility index (Phi) is 9.31. The molecule has 0 aliphatic carbocycles. The molecule has 1 heterocycles. The van der Waals surface area contributed by atoms with Gasteiger partial charge in [0, 0.05) is 7.05 Å². The van der Waals surface area contributed by atoms with E-state index in [0.29, 0.717) is 6.42 Å². The molecule has 27 heavy (non-hydrogen) atoms. The van der Waals surface area contributed by atoms with Crippen molar-refractivity contribution in [2.24, 2.45) is 5.41 Å². The summed E-state index contributed by atoms with van der Waals surface area (Å²) in [7, 11) is 1.34. The lowest BCUT2D eigenvalue weighted by molar-refractivity contribution is -0.159. The maximum atomic E-state index is 12.8. The lowest BCUT2D eigenvalue weighted by Crippen LogP contribution is -2.65. The Morgan fingerprint density at radius 2 is 1.44 bits per heavy atom. The summed E-state index contributed by atoms with van der Waals surface area (Å²) in [5.41, 5.74) is -1.27. The minimum Gasteiger partial charge on any atom is -0.391 e. The highest BCUT2D eigenvalue weighted by Gasteiger charge is 2.54. The molecule has 0 bridgehead atoms. The monoisotopic (exact) mass is 388 g/mol. The average molecular weight is 388 g/mol. The summed E-state index contributed by atoms with van der Waals surface area (Å²) in [6, 6.07) is -0.738. The Labute approximate surface area is 160 Å². The summed E-state index contributed by atoms with van der Waals surface area (Å²) >= 11 is 0. The molecule has 2 atom stereocenters. The number of ether oxygens (including phenoxy) is 2. The van der Waals surface area contributed by atoms with E-state index in [0.717, 1.165) is 9.80 Å². The predicted molar refractivity (Wildman–Crippen MR) is 96.8 cm³/mol. The molecule has 1 aliphatic heterocycles. The number of hydrogen-bond donors (Lipinski definition) is 2. The molecule has 9 nitrogen and oxygen atoms in total. The van der Waals surface area contributed by atoms with Crippen LogP contribution in [0.3, 0.4) is 0 Å². The van der Waals surface area contributed by atoms with Gasteiger partial charge in [0.15, 0.2) is 0 Å². The van der Waals surface area contributed by atoms with E-state index in [4.69, 9.17) is 9.47 Å². The van der Waals surface area contributed by atoms with Crippen molar-refractivity contribution in [1.29, 1.82) is 0 Å². The van der Waals surface area contributed by atoms with Crippen LogP contribution in [0.1, 0.15) is 40.0 Å². The quantitative estimate of drug-likeness (QED) is 0.367.